The molecular formula is C38H66BrNO2. The second-order valence-corrected chi connectivity index (χ2v) is 13.8. The van der Waals surface area contributed by atoms with Gasteiger partial charge >= 0.3 is 0 Å². The third-order valence-electron chi connectivity index (χ3n) is 8.47. The fourth-order valence-electron chi connectivity index (χ4n) is 4.66. The lowest BCUT2D eigenvalue weighted by Gasteiger charge is -2.24. The Morgan fingerprint density at radius 1 is 1.05 bits per heavy atom. The first-order valence-corrected chi connectivity index (χ1v) is 17.2. The van der Waals surface area contributed by atoms with Crippen LogP contribution >= 0.6 is 15.9 Å². The van der Waals surface area contributed by atoms with Crippen LogP contribution in [0.2, 0.25) is 0 Å². The molecule has 0 bridgehead atoms. The van der Waals surface area contributed by atoms with Gasteiger partial charge in [0, 0.05) is 22.4 Å². The van der Waals surface area contributed by atoms with E-state index in [0.717, 1.165) is 48.9 Å². The third kappa shape index (κ3) is 18.1. The van der Waals surface area contributed by atoms with Gasteiger partial charge in [-0.3, -0.25) is 9.59 Å². The molecule has 1 saturated carbocycles. The number of fused-ring (bicyclic) bond motifs is 1. The molecule has 1 aromatic carbocycles. The Labute approximate surface area is 269 Å². The molecule has 1 amide bonds. The zero-order valence-corrected chi connectivity index (χ0v) is 31.0. The van der Waals surface area contributed by atoms with E-state index < -0.39 is 0 Å². The molecule has 0 spiro atoms. The Balaban J connectivity index is 0. The predicted octanol–water partition coefficient (Wildman–Crippen LogP) is 11.3. The van der Waals surface area contributed by atoms with Gasteiger partial charge in [0.2, 0.25) is 5.91 Å². The predicted molar refractivity (Wildman–Crippen MR) is 190 cm³/mol. The normalized spacial score (nSPS) is 18.1. The molecule has 3 nitrogen and oxygen atoms in total. The summed E-state index contributed by atoms with van der Waals surface area (Å²) in [6.07, 6.45) is 11.5. The zero-order valence-electron chi connectivity index (χ0n) is 29.5. The number of benzene rings is 1. The first-order valence-electron chi connectivity index (χ1n) is 16.4. The van der Waals surface area contributed by atoms with Crippen molar-refractivity contribution in [2.24, 2.45) is 29.1 Å². The number of hydrogen-bond donors (Lipinski definition) is 1. The second kappa shape index (κ2) is 22.8. The number of rotatable bonds is 7. The molecule has 0 aliphatic heterocycles. The van der Waals surface area contributed by atoms with Crippen LogP contribution in [0, 0.1) is 29.1 Å². The van der Waals surface area contributed by atoms with Crippen molar-refractivity contribution in [3.63, 3.8) is 0 Å². The molecule has 2 aliphatic carbocycles. The molecule has 0 saturated heterocycles. The molecule has 0 aromatic heterocycles. The van der Waals surface area contributed by atoms with E-state index in [-0.39, 0.29) is 35.0 Å². The quantitative estimate of drug-likeness (QED) is 0.236. The highest BCUT2D eigenvalue weighted by Crippen LogP contribution is 2.35. The molecule has 4 unspecified atom stereocenters. The van der Waals surface area contributed by atoms with Gasteiger partial charge in [-0.05, 0) is 106 Å². The van der Waals surface area contributed by atoms with E-state index in [1.165, 1.54) is 24.0 Å². The van der Waals surface area contributed by atoms with Gasteiger partial charge < -0.3 is 5.32 Å². The van der Waals surface area contributed by atoms with Crippen molar-refractivity contribution in [1.29, 1.82) is 0 Å². The van der Waals surface area contributed by atoms with Crippen LogP contribution in [0.4, 0.5) is 0 Å². The first kappa shape index (κ1) is 42.5. The topological polar surface area (TPSA) is 46.2 Å². The van der Waals surface area contributed by atoms with Crippen LogP contribution < -0.4 is 5.32 Å². The fourth-order valence-corrected chi connectivity index (χ4v) is 5.07. The van der Waals surface area contributed by atoms with Crippen LogP contribution in [0.15, 0.2) is 47.5 Å². The van der Waals surface area contributed by atoms with Crippen LogP contribution in [0.3, 0.4) is 0 Å². The van der Waals surface area contributed by atoms with E-state index in [9.17, 15) is 9.59 Å². The van der Waals surface area contributed by atoms with Gasteiger partial charge in [-0.25, -0.2) is 0 Å². The highest BCUT2D eigenvalue weighted by atomic mass is 79.9. The Hall–Kier alpha value is -1.68. The van der Waals surface area contributed by atoms with Crippen molar-refractivity contribution in [1.82, 2.24) is 5.32 Å². The minimum absolute atomic E-state index is 0.111. The number of aryl methyl sites for hydroxylation is 1. The molecule has 0 radical (unpaired) electrons. The first-order chi connectivity index (χ1) is 19.7. The summed E-state index contributed by atoms with van der Waals surface area (Å²) in [6, 6.07) is 6.83. The monoisotopic (exact) mass is 647 g/mol. The molecule has 0 heterocycles. The van der Waals surface area contributed by atoms with Gasteiger partial charge in [-0.1, -0.05) is 102 Å². The van der Waals surface area contributed by atoms with Gasteiger partial charge in [-0.15, -0.1) is 13.2 Å². The van der Waals surface area contributed by atoms with Gasteiger partial charge in [0.15, 0.2) is 0 Å². The summed E-state index contributed by atoms with van der Waals surface area (Å²) < 4.78 is 1.13. The number of ketones is 1. The van der Waals surface area contributed by atoms with E-state index in [1.807, 2.05) is 20.8 Å². The molecule has 1 aromatic rings. The Kier molecular flexibility index (Phi) is 23.0. The molecular weight excluding hydrogens is 582 g/mol. The van der Waals surface area contributed by atoms with Crippen molar-refractivity contribution in [2.45, 2.75) is 140 Å². The second-order valence-electron chi connectivity index (χ2n) is 12.9. The summed E-state index contributed by atoms with van der Waals surface area (Å²) in [4.78, 5) is 23.2. The van der Waals surface area contributed by atoms with Crippen LogP contribution in [0.5, 0.6) is 0 Å². The molecule has 3 rings (SSSR count). The molecule has 4 heteroatoms. The van der Waals surface area contributed by atoms with Gasteiger partial charge in [0.25, 0.3) is 0 Å². The van der Waals surface area contributed by atoms with Gasteiger partial charge in [-0.2, -0.15) is 0 Å². The van der Waals surface area contributed by atoms with Crippen molar-refractivity contribution in [3.05, 3.63) is 58.6 Å². The van der Waals surface area contributed by atoms with E-state index in [4.69, 9.17) is 0 Å². The van der Waals surface area contributed by atoms with E-state index in [2.05, 4.69) is 114 Å². The number of Topliss-reactive ketones (excluding diaryl/α,β-unsaturated/α-hetero) is 1. The summed E-state index contributed by atoms with van der Waals surface area (Å²) >= 11 is 3.56. The number of allylic oxidation sites excluding steroid dienone is 2. The maximum Gasteiger partial charge on any atom is 0.223 e. The van der Waals surface area contributed by atoms with Crippen molar-refractivity contribution in [3.8, 4) is 0 Å². The molecule has 1 fully saturated rings. The SMILES string of the molecule is C/C=C(\C)C1CC1.C=C.CC.CC(=O)C(C)C(C)(C)C.CCC(C)CC(C)C(=O)NC1CCCc2ccc(Br)cc2C1. The highest BCUT2D eigenvalue weighted by molar-refractivity contribution is 9.10. The summed E-state index contributed by atoms with van der Waals surface area (Å²) in [6.45, 7) is 30.7. The fraction of sp³-hybridized carbons (Fsp3) is 0.684. The van der Waals surface area contributed by atoms with Gasteiger partial charge in [0.1, 0.15) is 5.78 Å². The van der Waals surface area contributed by atoms with Crippen LogP contribution in [-0.2, 0) is 22.4 Å². The number of halogens is 1. The zero-order chi connectivity index (χ0) is 33.0. The Morgan fingerprint density at radius 2 is 1.62 bits per heavy atom. The van der Waals surface area contributed by atoms with Crippen LogP contribution in [0.25, 0.3) is 0 Å². The number of nitrogens with one attached hydrogen (secondary N) is 1. The van der Waals surface area contributed by atoms with Crippen molar-refractivity contribution >= 4 is 27.6 Å². The number of carbonyl (C=O) groups is 2. The van der Waals surface area contributed by atoms with Gasteiger partial charge in [0.05, 0.1) is 0 Å². The van der Waals surface area contributed by atoms with E-state index in [0.29, 0.717) is 5.92 Å². The molecule has 2 aliphatic rings. The summed E-state index contributed by atoms with van der Waals surface area (Å²) in [5.41, 5.74) is 4.53. The number of amides is 1. The van der Waals surface area contributed by atoms with Crippen LogP contribution in [0.1, 0.15) is 133 Å². The lowest BCUT2D eigenvalue weighted by molar-refractivity contribution is -0.126. The minimum atomic E-state index is 0.111. The average molecular weight is 649 g/mol. The lowest BCUT2D eigenvalue weighted by Crippen LogP contribution is -2.39. The third-order valence-corrected chi connectivity index (χ3v) is 8.96. The summed E-state index contributed by atoms with van der Waals surface area (Å²) in [7, 11) is 0. The largest absolute Gasteiger partial charge is 0.353 e. The molecule has 42 heavy (non-hydrogen) atoms. The lowest BCUT2D eigenvalue weighted by atomic mass is 9.80. The summed E-state index contributed by atoms with van der Waals surface area (Å²) in [5, 5.41) is 3.29. The van der Waals surface area contributed by atoms with E-state index in [1.54, 1.807) is 12.5 Å². The smallest absolute Gasteiger partial charge is 0.223 e. The Bertz CT molecular complexity index is 926. The van der Waals surface area contributed by atoms with E-state index >= 15 is 0 Å². The van der Waals surface area contributed by atoms with Crippen molar-refractivity contribution < 1.29 is 9.59 Å². The van der Waals surface area contributed by atoms with Crippen molar-refractivity contribution in [2.75, 3.05) is 0 Å². The molecule has 242 valence electrons. The Morgan fingerprint density at radius 3 is 2.02 bits per heavy atom. The highest BCUT2D eigenvalue weighted by Gasteiger charge is 2.24. The molecule has 4 atom stereocenters. The number of hydrogen-bond acceptors (Lipinski definition) is 2. The summed E-state index contributed by atoms with van der Waals surface area (Å²) in [5.74, 6) is 2.39. The minimum Gasteiger partial charge on any atom is -0.353 e. The maximum absolute atomic E-state index is 12.4. The average Bonchev–Trinajstić information content (AvgIpc) is 3.82. The standard InChI is InChI=1S/C19H28BrNO.C8H16O.C7H12.C2H6.C2H4/c1-4-13(2)10-14(3)19(22)21-18-7-5-6-15-8-9-17(20)11-16(15)12-18;1-6(7(2)9)8(3,4)5;1-3-6(2)7-4-5-7;2*1-2/h8-9,11,13-14,18H,4-7,10,12H2,1-3H3,(H,21,22);6H,1-5H3;3,7H,4-5H2,1-2H3;1-2H3;1-2H2/b;;6-3+;;. The number of carbonyl (C=O) groups excluding carboxylic acids is 2. The molecule has 1 N–H and O–H groups in total. The maximum atomic E-state index is 12.4. The van der Waals surface area contributed by atoms with Crippen LogP contribution in [-0.4, -0.2) is 17.7 Å².